The molecule has 0 aliphatic heterocycles. The second kappa shape index (κ2) is 6.44. The fourth-order valence-electron chi connectivity index (χ4n) is 2.14. The van der Waals surface area contributed by atoms with E-state index in [1.165, 1.54) is 12.0 Å². The third-order valence-corrected chi connectivity index (χ3v) is 3.66. The Bertz CT molecular complexity index is 809. The molecular weight excluding hydrogens is 292 g/mol. The zero-order valence-electron chi connectivity index (χ0n) is 12.9. The van der Waals surface area contributed by atoms with Gasteiger partial charge in [-0.3, -0.25) is 4.79 Å². The van der Waals surface area contributed by atoms with Crippen molar-refractivity contribution in [1.82, 2.24) is 10.2 Å². The number of carbonyl (C=O) groups excluding carboxylic acids is 1. The van der Waals surface area contributed by atoms with E-state index >= 15 is 0 Å². The maximum Gasteiger partial charge on any atom is 0.247 e. The number of ether oxygens (including phenoxy) is 1. The molecule has 3 rings (SSSR count). The van der Waals surface area contributed by atoms with Crippen LogP contribution < -0.4 is 4.74 Å². The second-order valence-corrected chi connectivity index (χ2v) is 5.28. The molecule has 116 valence electrons. The third-order valence-electron chi connectivity index (χ3n) is 3.66. The van der Waals surface area contributed by atoms with Crippen molar-refractivity contribution in [3.63, 3.8) is 0 Å². The van der Waals surface area contributed by atoms with Crippen molar-refractivity contribution < 1.29 is 13.9 Å². The Morgan fingerprint density at radius 1 is 1.09 bits per heavy atom. The van der Waals surface area contributed by atoms with E-state index in [4.69, 9.17) is 9.15 Å². The highest BCUT2D eigenvalue weighted by Gasteiger charge is 2.09. The summed E-state index contributed by atoms with van der Waals surface area (Å²) in [6.07, 6.45) is 1.28. The molecule has 5 heteroatoms. The van der Waals surface area contributed by atoms with Crippen LogP contribution in [0.2, 0.25) is 0 Å². The molecule has 0 saturated carbocycles. The zero-order valence-corrected chi connectivity index (χ0v) is 12.9. The summed E-state index contributed by atoms with van der Waals surface area (Å²) in [6.45, 7) is 4.01. The van der Waals surface area contributed by atoms with Crippen molar-refractivity contribution in [2.45, 2.75) is 13.8 Å². The van der Waals surface area contributed by atoms with Gasteiger partial charge in [0.2, 0.25) is 12.3 Å². The van der Waals surface area contributed by atoms with E-state index in [-0.39, 0.29) is 12.4 Å². The fourth-order valence-corrected chi connectivity index (χ4v) is 2.14. The molecule has 0 fully saturated rings. The molecule has 0 unspecified atom stereocenters. The van der Waals surface area contributed by atoms with Crippen molar-refractivity contribution >= 4 is 5.78 Å². The van der Waals surface area contributed by atoms with Gasteiger partial charge in [-0.15, -0.1) is 10.2 Å². The number of aryl methyl sites for hydroxylation is 2. The van der Waals surface area contributed by atoms with E-state index < -0.39 is 0 Å². The molecule has 0 bridgehead atoms. The molecule has 0 aliphatic rings. The minimum absolute atomic E-state index is 0.00239. The Labute approximate surface area is 133 Å². The smallest absolute Gasteiger partial charge is 0.247 e. The first-order chi connectivity index (χ1) is 11.1. The highest BCUT2D eigenvalue weighted by molar-refractivity contribution is 5.97. The normalized spacial score (nSPS) is 10.5. The number of ketones is 1. The number of hydrogen-bond donors (Lipinski definition) is 0. The Hall–Kier alpha value is -2.95. The van der Waals surface area contributed by atoms with Crippen LogP contribution in [0.1, 0.15) is 21.5 Å². The van der Waals surface area contributed by atoms with Gasteiger partial charge >= 0.3 is 0 Å². The summed E-state index contributed by atoms with van der Waals surface area (Å²) >= 11 is 0. The van der Waals surface area contributed by atoms with Gasteiger partial charge in [0.1, 0.15) is 5.75 Å². The van der Waals surface area contributed by atoms with Gasteiger partial charge < -0.3 is 9.15 Å². The predicted octanol–water partition coefficient (Wildman–Crippen LogP) is 3.62. The van der Waals surface area contributed by atoms with Crippen molar-refractivity contribution in [3.05, 3.63) is 65.5 Å². The molecule has 0 atom stereocenters. The molecule has 0 saturated heterocycles. The highest BCUT2D eigenvalue weighted by Crippen LogP contribution is 2.20. The van der Waals surface area contributed by atoms with Crippen molar-refractivity contribution in [1.29, 1.82) is 0 Å². The topological polar surface area (TPSA) is 65.2 Å². The minimum atomic E-state index is -0.0472. The quantitative estimate of drug-likeness (QED) is 0.674. The van der Waals surface area contributed by atoms with E-state index in [9.17, 15) is 4.79 Å². The Morgan fingerprint density at radius 3 is 2.52 bits per heavy atom. The lowest BCUT2D eigenvalue weighted by Gasteiger charge is -2.07. The average molecular weight is 308 g/mol. The third kappa shape index (κ3) is 3.45. The monoisotopic (exact) mass is 308 g/mol. The predicted molar refractivity (Wildman–Crippen MR) is 85.5 cm³/mol. The highest BCUT2D eigenvalue weighted by atomic mass is 16.5. The van der Waals surface area contributed by atoms with Crippen LogP contribution >= 0.6 is 0 Å². The van der Waals surface area contributed by atoms with Crippen LogP contribution in [0.5, 0.6) is 5.75 Å². The van der Waals surface area contributed by atoms with Crippen LogP contribution in [0.25, 0.3) is 11.5 Å². The second-order valence-electron chi connectivity index (χ2n) is 5.28. The van der Waals surface area contributed by atoms with E-state index in [1.54, 1.807) is 12.1 Å². The van der Waals surface area contributed by atoms with Crippen LogP contribution in [-0.2, 0) is 0 Å². The number of carbonyl (C=O) groups is 1. The maximum atomic E-state index is 12.2. The summed E-state index contributed by atoms with van der Waals surface area (Å²) < 4.78 is 10.7. The lowest BCUT2D eigenvalue weighted by molar-refractivity contribution is 0.0921. The Balaban J connectivity index is 1.63. The molecule has 23 heavy (non-hydrogen) atoms. The molecule has 2 aromatic carbocycles. The van der Waals surface area contributed by atoms with Gasteiger partial charge in [-0.25, -0.2) is 0 Å². The Morgan fingerprint density at radius 2 is 1.87 bits per heavy atom. The van der Waals surface area contributed by atoms with Gasteiger partial charge in [-0.2, -0.15) is 0 Å². The maximum absolute atomic E-state index is 12.2. The molecule has 0 radical (unpaired) electrons. The lowest BCUT2D eigenvalue weighted by atomic mass is 10.0. The standard InChI is InChI=1S/C18H16N2O3/c1-12-3-4-15(9-13(12)2)17(21)10-22-16-7-5-14(6-8-16)18-20-19-11-23-18/h3-9,11H,10H2,1-2H3. The molecule has 3 aromatic rings. The van der Waals surface area contributed by atoms with Gasteiger partial charge in [-0.05, 0) is 55.3 Å². The molecule has 0 N–H and O–H groups in total. The van der Waals surface area contributed by atoms with Gasteiger partial charge in [-0.1, -0.05) is 12.1 Å². The van der Waals surface area contributed by atoms with Gasteiger partial charge in [0.15, 0.2) is 12.4 Å². The van der Waals surface area contributed by atoms with Gasteiger partial charge in [0, 0.05) is 11.1 Å². The van der Waals surface area contributed by atoms with Crippen LogP contribution in [0.3, 0.4) is 0 Å². The molecule has 5 nitrogen and oxygen atoms in total. The number of nitrogens with zero attached hydrogens (tertiary/aromatic N) is 2. The molecule has 0 spiro atoms. The number of benzene rings is 2. The van der Waals surface area contributed by atoms with E-state index in [2.05, 4.69) is 10.2 Å². The average Bonchev–Trinajstić information content (AvgIpc) is 3.10. The minimum Gasteiger partial charge on any atom is -0.485 e. The molecular formula is C18H16N2O3. The zero-order chi connectivity index (χ0) is 16.2. The summed E-state index contributed by atoms with van der Waals surface area (Å²) in [5.41, 5.74) is 3.73. The van der Waals surface area contributed by atoms with Crippen molar-refractivity contribution in [2.24, 2.45) is 0 Å². The number of hydrogen-bond acceptors (Lipinski definition) is 5. The van der Waals surface area contributed by atoms with E-state index in [0.717, 1.165) is 11.1 Å². The van der Waals surface area contributed by atoms with Crippen LogP contribution in [0, 0.1) is 13.8 Å². The molecule has 1 aromatic heterocycles. The lowest BCUT2D eigenvalue weighted by Crippen LogP contribution is -2.11. The number of Topliss-reactive ketones (excluding diaryl/α,β-unsaturated/α-hetero) is 1. The van der Waals surface area contributed by atoms with Crippen LogP contribution in [0.4, 0.5) is 0 Å². The van der Waals surface area contributed by atoms with E-state index in [0.29, 0.717) is 17.2 Å². The SMILES string of the molecule is Cc1ccc(C(=O)COc2ccc(-c3nnco3)cc2)cc1C. The fraction of sp³-hybridized carbons (Fsp3) is 0.167. The Kier molecular flexibility index (Phi) is 4.19. The molecule has 0 aliphatic carbocycles. The van der Waals surface area contributed by atoms with E-state index in [1.807, 2.05) is 44.2 Å². The summed E-state index contributed by atoms with van der Waals surface area (Å²) in [4.78, 5) is 12.2. The first-order valence-electron chi connectivity index (χ1n) is 7.23. The summed E-state index contributed by atoms with van der Waals surface area (Å²) in [7, 11) is 0. The van der Waals surface area contributed by atoms with Gasteiger partial charge in [0.05, 0.1) is 0 Å². The summed E-state index contributed by atoms with van der Waals surface area (Å²) in [5.74, 6) is 1.02. The van der Waals surface area contributed by atoms with Crippen molar-refractivity contribution in [2.75, 3.05) is 6.61 Å². The molecule has 1 heterocycles. The number of aromatic nitrogens is 2. The largest absolute Gasteiger partial charge is 0.485 e. The van der Waals surface area contributed by atoms with Gasteiger partial charge in [0.25, 0.3) is 0 Å². The summed E-state index contributed by atoms with van der Waals surface area (Å²) in [5, 5.41) is 7.47. The summed E-state index contributed by atoms with van der Waals surface area (Å²) in [6, 6.07) is 12.8. The van der Waals surface area contributed by atoms with Crippen LogP contribution in [0.15, 0.2) is 53.3 Å². The number of rotatable bonds is 5. The van der Waals surface area contributed by atoms with Crippen LogP contribution in [-0.4, -0.2) is 22.6 Å². The molecule has 0 amide bonds. The first-order valence-corrected chi connectivity index (χ1v) is 7.23. The first kappa shape index (κ1) is 15.0. The van der Waals surface area contributed by atoms with Crippen molar-refractivity contribution in [3.8, 4) is 17.2 Å².